The van der Waals surface area contributed by atoms with Gasteiger partial charge in [0.05, 0.1) is 13.2 Å². The monoisotopic (exact) mass is 253 g/mol. The highest BCUT2D eigenvalue weighted by Crippen LogP contribution is 2.33. The lowest BCUT2D eigenvalue weighted by atomic mass is 10.1. The van der Waals surface area contributed by atoms with Crippen molar-refractivity contribution in [1.82, 2.24) is 15.5 Å². The van der Waals surface area contributed by atoms with Crippen LogP contribution < -0.4 is 10.6 Å². The fourth-order valence-electron chi connectivity index (χ4n) is 3.11. The molecule has 5 nitrogen and oxygen atoms in total. The molecule has 102 valence electrons. The third kappa shape index (κ3) is 2.68. The minimum atomic E-state index is -0.163. The van der Waals surface area contributed by atoms with E-state index in [9.17, 15) is 4.79 Å². The Balaban J connectivity index is 1.49. The van der Waals surface area contributed by atoms with Gasteiger partial charge in [0.15, 0.2) is 0 Å². The number of nitrogens with one attached hydrogen (secondary N) is 2. The molecule has 5 heteroatoms. The van der Waals surface area contributed by atoms with Gasteiger partial charge < -0.3 is 15.4 Å². The van der Waals surface area contributed by atoms with Gasteiger partial charge >= 0.3 is 0 Å². The molecule has 2 N–H and O–H groups in total. The van der Waals surface area contributed by atoms with E-state index in [4.69, 9.17) is 4.74 Å². The van der Waals surface area contributed by atoms with Crippen molar-refractivity contribution in [1.29, 1.82) is 0 Å². The van der Waals surface area contributed by atoms with Crippen LogP contribution in [0.3, 0.4) is 0 Å². The molecule has 0 aromatic rings. The number of nitrogens with zero attached hydrogens (tertiary/aromatic N) is 1. The molecule has 2 aliphatic heterocycles. The highest BCUT2D eigenvalue weighted by Gasteiger charge is 2.39. The molecule has 1 aliphatic carbocycles. The van der Waals surface area contributed by atoms with Gasteiger partial charge in [0, 0.05) is 31.2 Å². The molecule has 3 atom stereocenters. The van der Waals surface area contributed by atoms with Crippen LogP contribution in [0, 0.1) is 0 Å². The lowest BCUT2D eigenvalue weighted by Crippen LogP contribution is -2.53. The second kappa shape index (κ2) is 5.15. The van der Waals surface area contributed by atoms with E-state index in [1.807, 2.05) is 0 Å². The smallest absolute Gasteiger partial charge is 0.239 e. The van der Waals surface area contributed by atoms with Crippen LogP contribution in [0.1, 0.15) is 26.2 Å². The highest BCUT2D eigenvalue weighted by atomic mass is 16.5. The van der Waals surface area contributed by atoms with Gasteiger partial charge in [0.2, 0.25) is 5.91 Å². The Hall–Kier alpha value is -0.650. The number of carbonyl (C=O) groups is 1. The second-order valence-electron chi connectivity index (χ2n) is 5.80. The average Bonchev–Trinajstić information content (AvgIpc) is 3.15. The van der Waals surface area contributed by atoms with Crippen LogP contribution in [0.25, 0.3) is 0 Å². The molecule has 3 rings (SSSR count). The standard InChI is InChI=1S/C13H23N3O2/c1-9-6-10(7-16(9)11-2-3-11)15-13(17)12-8-18-5-4-14-12/h9-12,14H,2-8H2,1H3,(H,15,17)/t9-,10-,12+/m1/s1. The molecule has 2 saturated heterocycles. The Morgan fingerprint density at radius 3 is 2.94 bits per heavy atom. The first-order valence-electron chi connectivity index (χ1n) is 7.11. The summed E-state index contributed by atoms with van der Waals surface area (Å²) in [6.45, 7) is 5.27. The van der Waals surface area contributed by atoms with Gasteiger partial charge in [-0.05, 0) is 26.2 Å². The van der Waals surface area contributed by atoms with E-state index in [-0.39, 0.29) is 11.9 Å². The molecule has 0 radical (unpaired) electrons. The maximum absolute atomic E-state index is 12.1. The predicted molar refractivity (Wildman–Crippen MR) is 68.3 cm³/mol. The topological polar surface area (TPSA) is 53.6 Å². The molecule has 0 unspecified atom stereocenters. The van der Waals surface area contributed by atoms with Gasteiger partial charge in [0.1, 0.15) is 6.04 Å². The molecule has 1 amide bonds. The van der Waals surface area contributed by atoms with Gasteiger partial charge in [-0.2, -0.15) is 0 Å². The normalized spacial score (nSPS) is 37.7. The van der Waals surface area contributed by atoms with Crippen molar-refractivity contribution in [2.75, 3.05) is 26.3 Å². The van der Waals surface area contributed by atoms with E-state index in [1.165, 1.54) is 12.8 Å². The van der Waals surface area contributed by atoms with Gasteiger partial charge in [-0.25, -0.2) is 0 Å². The average molecular weight is 253 g/mol. The summed E-state index contributed by atoms with van der Waals surface area (Å²) < 4.78 is 5.32. The van der Waals surface area contributed by atoms with E-state index in [0.29, 0.717) is 25.3 Å². The maximum Gasteiger partial charge on any atom is 0.239 e. The Bertz CT molecular complexity index is 313. The van der Waals surface area contributed by atoms with Gasteiger partial charge in [-0.1, -0.05) is 0 Å². The minimum absolute atomic E-state index is 0.101. The summed E-state index contributed by atoms with van der Waals surface area (Å²) in [5, 5.41) is 6.37. The first-order chi connectivity index (χ1) is 8.74. The largest absolute Gasteiger partial charge is 0.378 e. The Kier molecular flexibility index (Phi) is 3.54. The molecular formula is C13H23N3O2. The molecule has 3 fully saturated rings. The van der Waals surface area contributed by atoms with Crippen molar-refractivity contribution < 1.29 is 9.53 Å². The number of morpholine rings is 1. The molecule has 18 heavy (non-hydrogen) atoms. The Morgan fingerprint density at radius 1 is 1.44 bits per heavy atom. The van der Waals surface area contributed by atoms with E-state index < -0.39 is 0 Å². The molecule has 2 heterocycles. The van der Waals surface area contributed by atoms with E-state index >= 15 is 0 Å². The van der Waals surface area contributed by atoms with Gasteiger partial charge in [-0.3, -0.25) is 9.69 Å². The zero-order valence-corrected chi connectivity index (χ0v) is 11.0. The molecule has 1 saturated carbocycles. The number of hydrogen-bond donors (Lipinski definition) is 2. The number of likely N-dealkylation sites (tertiary alicyclic amines) is 1. The lowest BCUT2D eigenvalue weighted by Gasteiger charge is -2.24. The summed E-state index contributed by atoms with van der Waals surface area (Å²) in [6.07, 6.45) is 3.75. The van der Waals surface area contributed by atoms with Gasteiger partial charge in [-0.15, -0.1) is 0 Å². The van der Waals surface area contributed by atoms with Crippen molar-refractivity contribution in [3.8, 4) is 0 Å². The number of hydrogen-bond acceptors (Lipinski definition) is 4. The maximum atomic E-state index is 12.1. The van der Waals surface area contributed by atoms with E-state index in [2.05, 4.69) is 22.5 Å². The van der Waals surface area contributed by atoms with Crippen LogP contribution >= 0.6 is 0 Å². The summed E-state index contributed by atoms with van der Waals surface area (Å²) in [5.41, 5.74) is 0. The molecule has 3 aliphatic rings. The van der Waals surface area contributed by atoms with Crippen LogP contribution in [0.5, 0.6) is 0 Å². The summed E-state index contributed by atoms with van der Waals surface area (Å²) in [6, 6.07) is 1.55. The second-order valence-corrected chi connectivity index (χ2v) is 5.80. The molecule has 0 aromatic carbocycles. The summed E-state index contributed by atoms with van der Waals surface area (Å²) in [7, 11) is 0. The number of rotatable bonds is 3. The van der Waals surface area contributed by atoms with Crippen LogP contribution in [0.4, 0.5) is 0 Å². The number of amides is 1. The van der Waals surface area contributed by atoms with Crippen molar-refractivity contribution in [2.45, 2.75) is 50.4 Å². The Morgan fingerprint density at radius 2 is 2.28 bits per heavy atom. The predicted octanol–water partition coefficient (Wildman–Crippen LogP) is -0.284. The van der Waals surface area contributed by atoms with E-state index in [1.54, 1.807) is 0 Å². The zero-order valence-electron chi connectivity index (χ0n) is 11.0. The molecular weight excluding hydrogens is 230 g/mol. The van der Waals surface area contributed by atoms with E-state index in [0.717, 1.165) is 25.6 Å². The van der Waals surface area contributed by atoms with Crippen LogP contribution in [0.15, 0.2) is 0 Å². The van der Waals surface area contributed by atoms with Crippen LogP contribution in [-0.4, -0.2) is 61.3 Å². The Labute approximate surface area is 108 Å². The van der Waals surface area contributed by atoms with Crippen LogP contribution in [-0.2, 0) is 9.53 Å². The summed E-state index contributed by atoms with van der Waals surface area (Å²) in [5.74, 6) is 0.101. The number of ether oxygens (including phenoxy) is 1. The fourth-order valence-corrected chi connectivity index (χ4v) is 3.11. The SMILES string of the molecule is C[C@@H]1C[C@@H](NC(=O)[C@@H]2COCCN2)CN1C1CC1. The number of carbonyl (C=O) groups excluding carboxylic acids is 1. The van der Waals surface area contributed by atoms with Crippen LogP contribution in [0.2, 0.25) is 0 Å². The quantitative estimate of drug-likeness (QED) is 0.726. The third-order valence-electron chi connectivity index (χ3n) is 4.22. The third-order valence-corrected chi connectivity index (χ3v) is 4.22. The summed E-state index contributed by atoms with van der Waals surface area (Å²) in [4.78, 5) is 14.6. The zero-order chi connectivity index (χ0) is 12.5. The van der Waals surface area contributed by atoms with Crippen molar-refractivity contribution in [3.63, 3.8) is 0 Å². The van der Waals surface area contributed by atoms with Crippen molar-refractivity contribution >= 4 is 5.91 Å². The minimum Gasteiger partial charge on any atom is -0.378 e. The molecule has 0 bridgehead atoms. The van der Waals surface area contributed by atoms with Crippen molar-refractivity contribution in [2.24, 2.45) is 0 Å². The first-order valence-corrected chi connectivity index (χ1v) is 7.11. The first kappa shape index (κ1) is 12.4. The molecule has 0 spiro atoms. The highest BCUT2D eigenvalue weighted by molar-refractivity contribution is 5.82. The van der Waals surface area contributed by atoms with Crippen molar-refractivity contribution in [3.05, 3.63) is 0 Å². The summed E-state index contributed by atoms with van der Waals surface area (Å²) >= 11 is 0. The van der Waals surface area contributed by atoms with Gasteiger partial charge in [0.25, 0.3) is 0 Å². The fraction of sp³-hybridized carbons (Fsp3) is 0.923. The molecule has 0 aromatic heterocycles. The lowest BCUT2D eigenvalue weighted by molar-refractivity contribution is -0.126.